The molecule has 0 radical (unpaired) electrons. The number of methoxy groups -OCH3 is 2. The Bertz CT molecular complexity index is 826. The summed E-state index contributed by atoms with van der Waals surface area (Å²) in [4.78, 5) is 21.3. The molecule has 3 rings (SSSR count). The number of carboxylic acid groups (broad SMARTS) is 2. The quantitative estimate of drug-likeness (QED) is 0.622. The Morgan fingerprint density at radius 2 is 1.40 bits per heavy atom. The van der Waals surface area contributed by atoms with Gasteiger partial charge in [-0.1, -0.05) is 18.2 Å². The largest absolute Gasteiger partial charge is 0.507 e. The molecule has 1 aliphatic carbocycles. The van der Waals surface area contributed by atoms with Gasteiger partial charge in [-0.25, -0.2) is 4.79 Å². The van der Waals surface area contributed by atoms with E-state index >= 15 is 0 Å². The molecule has 3 N–H and O–H groups in total. The second-order valence-corrected chi connectivity index (χ2v) is 4.98. The van der Waals surface area contributed by atoms with Gasteiger partial charge in [0.15, 0.2) is 0 Å². The summed E-state index contributed by atoms with van der Waals surface area (Å²) in [6, 6.07) is 8.39. The van der Waals surface area contributed by atoms with Crippen LogP contribution in [0.25, 0.3) is 12.2 Å². The monoisotopic (exact) mass is 344 g/mol. The summed E-state index contributed by atoms with van der Waals surface area (Å²) in [5.41, 5.74) is 2.41. The molecule has 0 amide bonds. The molecule has 0 aromatic heterocycles. The van der Waals surface area contributed by atoms with E-state index in [2.05, 4.69) is 0 Å². The average Bonchev–Trinajstić information content (AvgIpc) is 2.56. The van der Waals surface area contributed by atoms with Gasteiger partial charge in [-0.15, -0.1) is 0 Å². The fraction of sp³-hybridized carbons (Fsp3) is 0.111. The highest BCUT2D eigenvalue weighted by Gasteiger charge is 2.24. The third kappa shape index (κ3) is 3.72. The molecular weight excluding hydrogens is 328 g/mol. The van der Waals surface area contributed by atoms with Crippen LogP contribution in [-0.2, 0) is 0 Å². The highest BCUT2D eigenvalue weighted by molar-refractivity contribution is 6.14. The second-order valence-electron chi connectivity index (χ2n) is 4.98. The predicted molar refractivity (Wildman–Crippen MR) is 90.7 cm³/mol. The number of phenolic OH excluding ortho intramolecular Hbond substituents is 1. The van der Waals surface area contributed by atoms with E-state index in [0.717, 1.165) is 11.1 Å². The second kappa shape index (κ2) is 7.39. The Morgan fingerprint density at radius 1 is 0.920 bits per heavy atom. The average molecular weight is 344 g/mol. The van der Waals surface area contributed by atoms with Crippen molar-refractivity contribution < 1.29 is 34.4 Å². The molecule has 0 spiro atoms. The molecule has 0 saturated carbocycles. The molecule has 0 fully saturated rings. The van der Waals surface area contributed by atoms with E-state index in [1.165, 1.54) is 14.2 Å². The third-order valence-corrected chi connectivity index (χ3v) is 3.54. The Morgan fingerprint density at radius 3 is 1.84 bits per heavy atom. The van der Waals surface area contributed by atoms with Crippen molar-refractivity contribution in [1.29, 1.82) is 0 Å². The lowest BCUT2D eigenvalue weighted by Gasteiger charge is -2.16. The van der Waals surface area contributed by atoms with Crippen LogP contribution in [0.5, 0.6) is 17.2 Å². The number of ketones is 1. The van der Waals surface area contributed by atoms with Gasteiger partial charge in [0, 0.05) is 0 Å². The number of rotatable bonds is 4. The number of benzene rings is 2. The Balaban J connectivity index is 0.000000511. The zero-order valence-electron chi connectivity index (χ0n) is 13.5. The number of hydrogen-bond donors (Lipinski definition) is 3. The number of fused-ring (bicyclic) bond motifs is 1. The lowest BCUT2D eigenvalue weighted by molar-refractivity contribution is 0.103. The summed E-state index contributed by atoms with van der Waals surface area (Å²) < 4.78 is 10.5. The summed E-state index contributed by atoms with van der Waals surface area (Å²) in [7, 11) is 2.98. The van der Waals surface area contributed by atoms with Crippen LogP contribution in [0.1, 0.15) is 27.0 Å². The summed E-state index contributed by atoms with van der Waals surface area (Å²) in [6.07, 6.45) is 1.94. The lowest BCUT2D eigenvalue weighted by Crippen LogP contribution is -2.08. The van der Waals surface area contributed by atoms with Gasteiger partial charge in [-0.05, 0) is 35.4 Å². The van der Waals surface area contributed by atoms with Crippen molar-refractivity contribution in [2.75, 3.05) is 14.2 Å². The van der Waals surface area contributed by atoms with Crippen LogP contribution in [0, 0.1) is 0 Å². The number of hydrogen-bond acceptors (Lipinski definition) is 5. The van der Waals surface area contributed by atoms with Gasteiger partial charge >= 0.3 is 6.16 Å². The molecule has 2 aromatic rings. The first kappa shape index (κ1) is 17.9. The summed E-state index contributed by atoms with van der Waals surface area (Å²) in [5.74, 6) is 0.454. The molecule has 7 heteroatoms. The van der Waals surface area contributed by atoms with E-state index in [4.69, 9.17) is 24.5 Å². The van der Waals surface area contributed by atoms with Crippen molar-refractivity contribution in [2.45, 2.75) is 0 Å². The smallest absolute Gasteiger partial charge is 0.503 e. The number of carbonyl (C=O) groups excluding carboxylic acids is 1. The van der Waals surface area contributed by atoms with E-state index in [1.807, 2.05) is 12.2 Å². The molecule has 0 heterocycles. The lowest BCUT2D eigenvalue weighted by atomic mass is 9.91. The van der Waals surface area contributed by atoms with Gasteiger partial charge < -0.3 is 24.8 Å². The summed E-state index contributed by atoms with van der Waals surface area (Å²) in [5, 5.41) is 24.0. The van der Waals surface area contributed by atoms with Crippen molar-refractivity contribution in [1.82, 2.24) is 0 Å². The van der Waals surface area contributed by atoms with E-state index in [1.54, 1.807) is 30.3 Å². The van der Waals surface area contributed by atoms with Crippen LogP contribution in [0.15, 0.2) is 30.3 Å². The maximum atomic E-state index is 12.8. The van der Waals surface area contributed by atoms with E-state index < -0.39 is 6.16 Å². The van der Waals surface area contributed by atoms with Gasteiger partial charge in [0.2, 0.25) is 5.78 Å². The molecule has 0 bridgehead atoms. The van der Waals surface area contributed by atoms with Crippen LogP contribution >= 0.6 is 0 Å². The minimum absolute atomic E-state index is 0.0453. The maximum absolute atomic E-state index is 12.8. The van der Waals surface area contributed by atoms with Crippen molar-refractivity contribution in [3.05, 3.63) is 52.6 Å². The molecule has 25 heavy (non-hydrogen) atoms. The van der Waals surface area contributed by atoms with Gasteiger partial charge in [0.1, 0.15) is 22.8 Å². The van der Waals surface area contributed by atoms with E-state index in [0.29, 0.717) is 17.1 Å². The number of phenols is 1. The number of carbonyl (C=O) groups is 2. The topological polar surface area (TPSA) is 113 Å². The molecular formula is C18H16O7. The van der Waals surface area contributed by atoms with Crippen molar-refractivity contribution in [2.24, 2.45) is 0 Å². The minimum Gasteiger partial charge on any atom is -0.507 e. The normalized spacial score (nSPS) is 10.6. The molecule has 0 saturated heterocycles. The maximum Gasteiger partial charge on any atom is 0.503 e. The van der Waals surface area contributed by atoms with Crippen LogP contribution in [0.4, 0.5) is 4.79 Å². The van der Waals surface area contributed by atoms with E-state index in [9.17, 15) is 9.90 Å². The first-order valence-corrected chi connectivity index (χ1v) is 7.11. The molecule has 1 aliphatic rings. The van der Waals surface area contributed by atoms with Crippen LogP contribution in [0.3, 0.4) is 0 Å². The van der Waals surface area contributed by atoms with Crippen LogP contribution in [-0.4, -0.2) is 41.5 Å². The molecule has 2 aromatic carbocycles. The van der Waals surface area contributed by atoms with Gasteiger partial charge in [-0.2, -0.15) is 0 Å². The highest BCUT2D eigenvalue weighted by Crippen LogP contribution is 2.36. The van der Waals surface area contributed by atoms with Crippen LogP contribution < -0.4 is 9.47 Å². The van der Waals surface area contributed by atoms with Crippen molar-refractivity contribution in [3.8, 4) is 17.2 Å². The van der Waals surface area contributed by atoms with Gasteiger partial charge in [0.25, 0.3) is 0 Å². The van der Waals surface area contributed by atoms with Crippen molar-refractivity contribution >= 4 is 24.1 Å². The zero-order valence-corrected chi connectivity index (χ0v) is 13.5. The third-order valence-electron chi connectivity index (χ3n) is 3.54. The number of aromatic hydroxyl groups is 1. The van der Waals surface area contributed by atoms with Gasteiger partial charge in [-0.3, -0.25) is 4.79 Å². The molecule has 130 valence electrons. The molecule has 0 atom stereocenters. The highest BCUT2D eigenvalue weighted by atomic mass is 16.6. The molecule has 7 nitrogen and oxygen atoms in total. The summed E-state index contributed by atoms with van der Waals surface area (Å²) in [6.45, 7) is 0. The first-order chi connectivity index (χ1) is 11.9. The SMILES string of the molecule is COc1cccc(OC)c1C(=O)c1cc2c(cc1O)C=C2.O=C(O)O. The number of ether oxygens (including phenoxy) is 2. The minimum atomic E-state index is -1.83. The Hall–Kier alpha value is -3.48. The Labute approximate surface area is 143 Å². The van der Waals surface area contributed by atoms with E-state index in [-0.39, 0.29) is 17.1 Å². The van der Waals surface area contributed by atoms with Crippen LogP contribution in [0.2, 0.25) is 0 Å². The fourth-order valence-corrected chi connectivity index (χ4v) is 2.38. The molecule has 0 aliphatic heterocycles. The van der Waals surface area contributed by atoms with Crippen molar-refractivity contribution in [3.63, 3.8) is 0 Å². The first-order valence-electron chi connectivity index (χ1n) is 7.11. The standard InChI is InChI=1S/C17H14O4.CH2O3/c1-20-14-4-3-5-15(21-2)16(14)17(19)12-8-10-6-7-11(10)9-13(12)18;2-1(3)4/h3-9,18H,1-2H3;(H2,2,3,4). The molecule has 0 unspecified atom stereocenters. The predicted octanol–water partition coefficient (Wildman–Crippen LogP) is 3.35. The van der Waals surface area contributed by atoms with Gasteiger partial charge in [0.05, 0.1) is 19.8 Å². The Kier molecular flexibility index (Phi) is 5.28. The fourth-order valence-electron chi connectivity index (χ4n) is 2.38. The summed E-state index contributed by atoms with van der Waals surface area (Å²) >= 11 is 0. The zero-order chi connectivity index (χ0) is 18.6.